The number of piperidine rings is 1. The lowest BCUT2D eigenvalue weighted by Gasteiger charge is -2.31. The van der Waals surface area contributed by atoms with Crippen molar-refractivity contribution in [3.05, 3.63) is 41.7 Å². The SMILES string of the molecule is CCCn1nnnc1CN1CCC(Cc2ccccc2)CC1. The quantitative estimate of drug-likeness (QED) is 0.822. The van der Waals surface area contributed by atoms with Crippen LogP contribution in [0.25, 0.3) is 0 Å². The summed E-state index contributed by atoms with van der Waals surface area (Å²) in [6, 6.07) is 10.8. The molecule has 0 saturated carbocycles. The van der Waals surface area contributed by atoms with Crippen molar-refractivity contribution in [3.8, 4) is 0 Å². The molecule has 118 valence electrons. The Balaban J connectivity index is 1.48. The molecule has 0 aliphatic carbocycles. The Labute approximate surface area is 132 Å². The molecule has 0 bridgehead atoms. The molecule has 0 spiro atoms. The van der Waals surface area contributed by atoms with Crippen molar-refractivity contribution in [1.29, 1.82) is 0 Å². The van der Waals surface area contributed by atoms with Gasteiger partial charge in [-0.3, -0.25) is 4.90 Å². The summed E-state index contributed by atoms with van der Waals surface area (Å²) in [5.74, 6) is 1.81. The van der Waals surface area contributed by atoms with Gasteiger partial charge in [-0.1, -0.05) is 37.3 Å². The van der Waals surface area contributed by atoms with Gasteiger partial charge in [-0.15, -0.1) is 5.10 Å². The van der Waals surface area contributed by atoms with Crippen LogP contribution >= 0.6 is 0 Å². The summed E-state index contributed by atoms with van der Waals surface area (Å²) in [6.45, 7) is 6.24. The van der Waals surface area contributed by atoms with E-state index >= 15 is 0 Å². The highest BCUT2D eigenvalue weighted by atomic mass is 15.5. The minimum absolute atomic E-state index is 0.810. The third-order valence-electron chi connectivity index (χ3n) is 4.48. The molecule has 5 nitrogen and oxygen atoms in total. The molecule has 1 fully saturated rings. The van der Waals surface area contributed by atoms with Crippen LogP contribution in [0, 0.1) is 5.92 Å². The van der Waals surface area contributed by atoms with Crippen LogP contribution in [0.2, 0.25) is 0 Å². The lowest BCUT2D eigenvalue weighted by atomic mass is 9.90. The molecule has 1 aliphatic rings. The van der Waals surface area contributed by atoms with E-state index in [0.29, 0.717) is 0 Å². The Morgan fingerprint density at radius 3 is 2.64 bits per heavy atom. The number of benzene rings is 1. The summed E-state index contributed by atoms with van der Waals surface area (Å²) in [7, 11) is 0. The second-order valence-corrected chi connectivity index (χ2v) is 6.23. The Morgan fingerprint density at radius 2 is 1.91 bits per heavy atom. The summed E-state index contributed by atoms with van der Waals surface area (Å²) < 4.78 is 1.94. The van der Waals surface area contributed by atoms with Crippen LogP contribution in [0.3, 0.4) is 0 Å². The third-order valence-corrected chi connectivity index (χ3v) is 4.48. The van der Waals surface area contributed by atoms with Gasteiger partial charge in [0, 0.05) is 6.54 Å². The maximum Gasteiger partial charge on any atom is 0.165 e. The van der Waals surface area contributed by atoms with Gasteiger partial charge < -0.3 is 0 Å². The molecule has 0 atom stereocenters. The lowest BCUT2D eigenvalue weighted by Crippen LogP contribution is -2.34. The predicted molar refractivity (Wildman–Crippen MR) is 86.3 cm³/mol. The standard InChI is InChI=1S/C17H25N5/c1-2-10-22-17(18-19-20-22)14-21-11-8-16(9-12-21)13-15-6-4-3-5-7-15/h3-7,16H,2,8-14H2,1H3. The molecule has 0 amide bonds. The topological polar surface area (TPSA) is 46.8 Å². The van der Waals surface area contributed by atoms with Crippen LogP contribution < -0.4 is 0 Å². The molecule has 0 unspecified atom stereocenters. The predicted octanol–water partition coefficient (Wildman–Crippen LogP) is 2.54. The third kappa shape index (κ3) is 3.91. The maximum atomic E-state index is 4.18. The Kier molecular flexibility index (Phi) is 5.16. The van der Waals surface area contributed by atoms with Gasteiger partial charge in [0.2, 0.25) is 0 Å². The largest absolute Gasteiger partial charge is 0.296 e. The van der Waals surface area contributed by atoms with E-state index in [1.54, 1.807) is 0 Å². The number of hydrogen-bond donors (Lipinski definition) is 0. The van der Waals surface area contributed by atoms with Crippen molar-refractivity contribution in [3.63, 3.8) is 0 Å². The second kappa shape index (κ2) is 7.49. The fourth-order valence-corrected chi connectivity index (χ4v) is 3.22. The summed E-state index contributed by atoms with van der Waals surface area (Å²) in [5.41, 5.74) is 1.47. The zero-order chi connectivity index (χ0) is 15.2. The van der Waals surface area contributed by atoms with Crippen LogP contribution in [-0.4, -0.2) is 38.2 Å². The van der Waals surface area contributed by atoms with Crippen molar-refractivity contribution >= 4 is 0 Å². The van der Waals surface area contributed by atoms with E-state index < -0.39 is 0 Å². The number of nitrogens with zero attached hydrogens (tertiary/aromatic N) is 5. The zero-order valence-electron chi connectivity index (χ0n) is 13.4. The molecule has 0 radical (unpaired) electrons. The molecule has 1 saturated heterocycles. The van der Waals surface area contributed by atoms with Crippen molar-refractivity contribution in [1.82, 2.24) is 25.1 Å². The van der Waals surface area contributed by atoms with Gasteiger partial charge >= 0.3 is 0 Å². The molecule has 1 aromatic heterocycles. The Morgan fingerprint density at radius 1 is 1.14 bits per heavy atom. The highest BCUT2D eigenvalue weighted by Crippen LogP contribution is 2.22. The molecule has 1 aliphatic heterocycles. The molecule has 22 heavy (non-hydrogen) atoms. The van der Waals surface area contributed by atoms with E-state index in [9.17, 15) is 0 Å². The average molecular weight is 299 g/mol. The van der Waals surface area contributed by atoms with Crippen LogP contribution in [0.4, 0.5) is 0 Å². The first kappa shape index (κ1) is 15.2. The Bertz CT molecular complexity index is 557. The van der Waals surface area contributed by atoms with Crippen molar-refractivity contribution in [2.45, 2.75) is 45.7 Å². The van der Waals surface area contributed by atoms with Crippen LogP contribution in [-0.2, 0) is 19.5 Å². The summed E-state index contributed by atoms with van der Waals surface area (Å²) in [5, 5.41) is 12.1. The number of rotatable bonds is 6. The first-order valence-corrected chi connectivity index (χ1v) is 8.36. The Hall–Kier alpha value is -1.75. The van der Waals surface area contributed by atoms with Crippen molar-refractivity contribution in [2.75, 3.05) is 13.1 Å². The molecular formula is C17H25N5. The van der Waals surface area contributed by atoms with Gasteiger partial charge in [0.15, 0.2) is 5.82 Å². The van der Waals surface area contributed by atoms with Crippen molar-refractivity contribution in [2.24, 2.45) is 5.92 Å². The molecule has 2 heterocycles. The average Bonchev–Trinajstić information content (AvgIpc) is 2.98. The molecule has 1 aromatic carbocycles. The fourth-order valence-electron chi connectivity index (χ4n) is 3.22. The fraction of sp³-hybridized carbons (Fsp3) is 0.588. The normalized spacial score (nSPS) is 17.0. The first-order valence-electron chi connectivity index (χ1n) is 8.36. The first-order chi connectivity index (χ1) is 10.8. The minimum Gasteiger partial charge on any atom is -0.296 e. The van der Waals surface area contributed by atoms with E-state index in [1.807, 2.05) is 4.68 Å². The van der Waals surface area contributed by atoms with Crippen molar-refractivity contribution < 1.29 is 0 Å². The lowest BCUT2D eigenvalue weighted by molar-refractivity contribution is 0.171. The number of aryl methyl sites for hydroxylation is 1. The van der Waals surface area contributed by atoms with Gasteiger partial charge in [0.05, 0.1) is 6.54 Å². The van der Waals surface area contributed by atoms with E-state index in [0.717, 1.165) is 44.3 Å². The summed E-state index contributed by atoms with van der Waals surface area (Å²) in [4.78, 5) is 2.49. The van der Waals surface area contributed by atoms with Gasteiger partial charge in [-0.05, 0) is 60.7 Å². The van der Waals surface area contributed by atoms with Gasteiger partial charge in [-0.2, -0.15) is 0 Å². The minimum atomic E-state index is 0.810. The summed E-state index contributed by atoms with van der Waals surface area (Å²) >= 11 is 0. The molecule has 5 heteroatoms. The van der Waals surface area contributed by atoms with Gasteiger partial charge in [0.1, 0.15) is 0 Å². The number of tetrazole rings is 1. The number of hydrogen-bond acceptors (Lipinski definition) is 4. The summed E-state index contributed by atoms with van der Waals surface area (Å²) in [6.07, 6.45) is 4.81. The van der Waals surface area contributed by atoms with E-state index in [4.69, 9.17) is 0 Å². The highest BCUT2D eigenvalue weighted by Gasteiger charge is 2.21. The van der Waals surface area contributed by atoms with Gasteiger partial charge in [-0.25, -0.2) is 4.68 Å². The molecular weight excluding hydrogens is 274 g/mol. The van der Waals surface area contributed by atoms with Gasteiger partial charge in [0.25, 0.3) is 0 Å². The molecule has 0 N–H and O–H groups in total. The smallest absolute Gasteiger partial charge is 0.165 e. The van der Waals surface area contributed by atoms with E-state index in [1.165, 1.54) is 24.8 Å². The number of likely N-dealkylation sites (tertiary alicyclic amines) is 1. The zero-order valence-corrected chi connectivity index (χ0v) is 13.4. The maximum absolute atomic E-state index is 4.18. The molecule has 2 aromatic rings. The number of aromatic nitrogens is 4. The van der Waals surface area contributed by atoms with Crippen LogP contribution in [0.5, 0.6) is 0 Å². The molecule has 3 rings (SSSR count). The second-order valence-electron chi connectivity index (χ2n) is 6.23. The van der Waals surface area contributed by atoms with E-state index in [2.05, 4.69) is 57.7 Å². The monoisotopic (exact) mass is 299 g/mol. The van der Waals surface area contributed by atoms with Crippen LogP contribution in [0.1, 0.15) is 37.6 Å². The van der Waals surface area contributed by atoms with Crippen LogP contribution in [0.15, 0.2) is 30.3 Å². The van der Waals surface area contributed by atoms with E-state index in [-0.39, 0.29) is 0 Å². The highest BCUT2D eigenvalue weighted by molar-refractivity contribution is 5.15.